The molecule has 0 radical (unpaired) electrons. The number of halogens is 1. The standard InChI is InChI=1S/C36H35ClN6O3/c37-30-12-14-34(42-23-38-39-40-42)33(21-30)29-11-13-35(43(46)22-29)32(18-24-5-2-1-3-6-24)28-8-4-7-26(19-28)27-15-16-41(36(44)45)31(20-27)17-25-9-10-25/h1-8,11-14,19,21-23,25,27,31-32H,9-10,15-18,20H2,(H,44,45)/t27?,31?,32-/m0/s1. The summed E-state index contributed by atoms with van der Waals surface area (Å²) in [5.74, 6) is 0.720. The number of aromatic nitrogens is 5. The van der Waals surface area contributed by atoms with Gasteiger partial charge in [-0.05, 0) is 88.9 Å². The third kappa shape index (κ3) is 6.46. The lowest BCUT2D eigenvalue weighted by atomic mass is 9.81. The average molecular weight is 635 g/mol. The van der Waals surface area contributed by atoms with Crippen LogP contribution in [0.1, 0.15) is 66.3 Å². The fourth-order valence-corrected chi connectivity index (χ4v) is 7.14. The largest absolute Gasteiger partial charge is 0.618 e. The summed E-state index contributed by atoms with van der Waals surface area (Å²) in [5.41, 5.74) is 6.21. The molecule has 1 aliphatic heterocycles. The number of carbonyl (C=O) groups is 1. The van der Waals surface area contributed by atoms with Crippen LogP contribution < -0.4 is 4.73 Å². The molecule has 1 aliphatic carbocycles. The molecule has 1 N–H and O–H groups in total. The van der Waals surface area contributed by atoms with E-state index in [0.717, 1.165) is 40.7 Å². The maximum atomic E-state index is 13.9. The van der Waals surface area contributed by atoms with Gasteiger partial charge in [-0.1, -0.05) is 79.0 Å². The highest BCUT2D eigenvalue weighted by Gasteiger charge is 2.36. The summed E-state index contributed by atoms with van der Waals surface area (Å²) in [6.45, 7) is 0.549. The number of pyridine rings is 1. The van der Waals surface area contributed by atoms with Crippen LogP contribution in [0.15, 0.2) is 97.5 Å². The Morgan fingerprint density at radius 2 is 1.87 bits per heavy atom. The highest BCUT2D eigenvalue weighted by Crippen LogP contribution is 2.41. The number of piperidine rings is 1. The number of hydrogen-bond acceptors (Lipinski definition) is 5. The monoisotopic (exact) mass is 634 g/mol. The predicted molar refractivity (Wildman–Crippen MR) is 175 cm³/mol. The highest BCUT2D eigenvalue weighted by atomic mass is 35.5. The van der Waals surface area contributed by atoms with E-state index in [-0.39, 0.29) is 17.9 Å². The maximum Gasteiger partial charge on any atom is 0.407 e. The van der Waals surface area contributed by atoms with Gasteiger partial charge in [0, 0.05) is 34.8 Å². The Kier molecular flexibility index (Phi) is 8.41. The van der Waals surface area contributed by atoms with Gasteiger partial charge in [0.05, 0.1) is 11.6 Å². The minimum absolute atomic E-state index is 0.0496. The molecule has 3 aromatic carbocycles. The van der Waals surface area contributed by atoms with Crippen LogP contribution in [0.25, 0.3) is 16.8 Å². The number of tetrazole rings is 1. The van der Waals surface area contributed by atoms with Gasteiger partial charge in [-0.3, -0.25) is 0 Å². The van der Waals surface area contributed by atoms with Gasteiger partial charge < -0.3 is 15.2 Å². The second-order valence-electron chi connectivity index (χ2n) is 12.5. The van der Waals surface area contributed by atoms with Gasteiger partial charge in [-0.2, -0.15) is 9.41 Å². The third-order valence-corrected chi connectivity index (χ3v) is 9.73. The molecule has 234 valence electrons. The van der Waals surface area contributed by atoms with Crippen LogP contribution in [-0.2, 0) is 6.42 Å². The van der Waals surface area contributed by atoms with Crippen LogP contribution in [0.4, 0.5) is 4.79 Å². The first kappa shape index (κ1) is 29.9. The van der Waals surface area contributed by atoms with Crippen molar-refractivity contribution in [3.05, 3.63) is 130 Å². The third-order valence-electron chi connectivity index (χ3n) is 9.50. The molecule has 10 heteroatoms. The topological polar surface area (TPSA) is 111 Å². The predicted octanol–water partition coefficient (Wildman–Crippen LogP) is 7.02. The van der Waals surface area contributed by atoms with Gasteiger partial charge in [-0.15, -0.1) is 5.10 Å². The minimum Gasteiger partial charge on any atom is -0.618 e. The molecular weight excluding hydrogens is 600 g/mol. The van der Waals surface area contributed by atoms with Crippen LogP contribution in [0, 0.1) is 11.1 Å². The normalized spacial score (nSPS) is 18.8. The van der Waals surface area contributed by atoms with E-state index >= 15 is 0 Å². The van der Waals surface area contributed by atoms with Gasteiger partial charge in [0.2, 0.25) is 5.69 Å². The smallest absolute Gasteiger partial charge is 0.407 e. The van der Waals surface area contributed by atoms with Crippen molar-refractivity contribution in [3.63, 3.8) is 0 Å². The first-order valence-electron chi connectivity index (χ1n) is 15.8. The lowest BCUT2D eigenvalue weighted by Gasteiger charge is -2.38. The van der Waals surface area contributed by atoms with Gasteiger partial charge in [0.1, 0.15) is 6.33 Å². The summed E-state index contributed by atoms with van der Waals surface area (Å²) >= 11 is 6.38. The summed E-state index contributed by atoms with van der Waals surface area (Å²) in [5, 5.41) is 35.9. The average Bonchev–Trinajstić information content (AvgIpc) is 3.72. The Morgan fingerprint density at radius 1 is 1.02 bits per heavy atom. The number of carboxylic acid groups (broad SMARTS) is 1. The molecule has 3 atom stereocenters. The van der Waals surface area contributed by atoms with E-state index in [4.69, 9.17) is 11.6 Å². The molecule has 2 aliphatic rings. The molecule has 2 unspecified atom stereocenters. The van der Waals surface area contributed by atoms with E-state index in [0.29, 0.717) is 40.9 Å². The lowest BCUT2D eigenvalue weighted by Crippen LogP contribution is -2.45. The zero-order chi connectivity index (χ0) is 31.6. The molecule has 0 bridgehead atoms. The number of rotatable bonds is 9. The van der Waals surface area contributed by atoms with Crippen molar-refractivity contribution in [2.24, 2.45) is 5.92 Å². The first-order chi connectivity index (χ1) is 22.4. The second kappa shape index (κ2) is 12.9. The molecule has 5 aromatic rings. The SMILES string of the molecule is O=C(O)N1CCC(c2cccc([C@H](Cc3ccccc3)c3ccc(-c4cc(Cl)ccc4-n4cnnn4)c[n+]3[O-])c2)CC1CC1CC1. The van der Waals surface area contributed by atoms with Crippen LogP contribution >= 0.6 is 11.6 Å². The second-order valence-corrected chi connectivity index (χ2v) is 13.0. The number of benzene rings is 3. The molecule has 3 heterocycles. The van der Waals surface area contributed by atoms with Crippen LogP contribution in [-0.4, -0.2) is 48.9 Å². The Hall–Kier alpha value is -4.76. The van der Waals surface area contributed by atoms with Crippen molar-refractivity contribution in [2.75, 3.05) is 6.54 Å². The molecule has 1 saturated heterocycles. The van der Waals surface area contributed by atoms with Gasteiger partial charge in [0.15, 0.2) is 6.20 Å². The Labute approximate surface area is 272 Å². The summed E-state index contributed by atoms with van der Waals surface area (Å²) in [6.07, 6.45) is 7.92. The summed E-state index contributed by atoms with van der Waals surface area (Å²) in [4.78, 5) is 13.7. The number of nitrogens with zero attached hydrogens (tertiary/aromatic N) is 6. The minimum atomic E-state index is -0.813. The van der Waals surface area contributed by atoms with E-state index in [9.17, 15) is 15.1 Å². The molecule has 7 rings (SSSR count). The highest BCUT2D eigenvalue weighted by molar-refractivity contribution is 6.31. The van der Waals surface area contributed by atoms with Crippen molar-refractivity contribution in [1.29, 1.82) is 0 Å². The van der Waals surface area contributed by atoms with Crippen LogP contribution in [0.5, 0.6) is 0 Å². The van der Waals surface area contributed by atoms with E-state index in [1.165, 1.54) is 24.7 Å². The zero-order valence-electron chi connectivity index (χ0n) is 25.3. The Morgan fingerprint density at radius 3 is 2.61 bits per heavy atom. The maximum absolute atomic E-state index is 13.9. The molecule has 0 spiro atoms. The fraction of sp³-hybridized carbons (Fsp3) is 0.306. The molecule has 9 nitrogen and oxygen atoms in total. The Balaban J connectivity index is 1.23. The molecule has 46 heavy (non-hydrogen) atoms. The molecule has 2 fully saturated rings. The number of likely N-dealkylation sites (tertiary alicyclic amines) is 1. The lowest BCUT2D eigenvalue weighted by molar-refractivity contribution is -0.614. The Bertz CT molecular complexity index is 1830. The van der Waals surface area contributed by atoms with E-state index < -0.39 is 6.09 Å². The summed E-state index contributed by atoms with van der Waals surface area (Å²) < 4.78 is 2.52. The molecule has 1 amide bonds. The summed E-state index contributed by atoms with van der Waals surface area (Å²) in [7, 11) is 0. The zero-order valence-corrected chi connectivity index (χ0v) is 26.1. The van der Waals surface area contributed by atoms with Gasteiger partial charge >= 0.3 is 6.09 Å². The van der Waals surface area contributed by atoms with Gasteiger partial charge in [-0.25, -0.2) is 4.79 Å². The fourth-order valence-electron chi connectivity index (χ4n) is 6.97. The van der Waals surface area contributed by atoms with Crippen molar-refractivity contribution in [2.45, 2.75) is 56.4 Å². The van der Waals surface area contributed by atoms with Crippen LogP contribution in [0.3, 0.4) is 0 Å². The van der Waals surface area contributed by atoms with Gasteiger partial charge in [0.25, 0.3) is 0 Å². The molecule has 1 saturated carbocycles. The van der Waals surface area contributed by atoms with E-state index in [1.54, 1.807) is 21.8 Å². The van der Waals surface area contributed by atoms with Crippen molar-refractivity contribution in [1.82, 2.24) is 25.1 Å². The van der Waals surface area contributed by atoms with Crippen molar-refractivity contribution < 1.29 is 14.6 Å². The van der Waals surface area contributed by atoms with Crippen molar-refractivity contribution >= 4 is 17.7 Å². The van der Waals surface area contributed by atoms with Crippen LogP contribution in [0.2, 0.25) is 5.02 Å². The summed E-state index contributed by atoms with van der Waals surface area (Å²) in [6, 6.07) is 28.1. The number of hydrogen-bond donors (Lipinski definition) is 1. The number of amides is 1. The molecular formula is C36H35ClN6O3. The van der Waals surface area contributed by atoms with E-state index in [2.05, 4.69) is 51.9 Å². The quantitative estimate of drug-likeness (QED) is 0.138. The van der Waals surface area contributed by atoms with Crippen molar-refractivity contribution in [3.8, 4) is 16.8 Å². The first-order valence-corrected chi connectivity index (χ1v) is 16.2. The van der Waals surface area contributed by atoms with E-state index in [1.807, 2.05) is 42.5 Å². The molecule has 2 aromatic heterocycles.